The number of hydrogen-bond donors (Lipinski definition) is 8. The maximum Gasteiger partial charge on any atom is 0.335 e. The van der Waals surface area contributed by atoms with E-state index in [-0.39, 0.29) is 6.42 Å². The summed E-state index contributed by atoms with van der Waals surface area (Å²) in [5.41, 5.74) is 0. The first kappa shape index (κ1) is 32.7. The molecule has 0 spiro atoms. The maximum atomic E-state index is 12.0. The van der Waals surface area contributed by atoms with Gasteiger partial charge in [0.2, 0.25) is 0 Å². The molecule has 2 aliphatic heterocycles. The van der Waals surface area contributed by atoms with Gasteiger partial charge in [-0.3, -0.25) is 4.79 Å². The first-order valence-electron chi connectivity index (χ1n) is 12.7. The fraction of sp³-hybridized carbons (Fsp3) is 0.913. The van der Waals surface area contributed by atoms with Gasteiger partial charge in [0.05, 0.1) is 13.2 Å². The Morgan fingerprint density at radius 1 is 0.763 bits per heavy atom. The van der Waals surface area contributed by atoms with Crippen LogP contribution in [-0.4, -0.2) is 140 Å². The van der Waals surface area contributed by atoms with Crippen molar-refractivity contribution in [3.05, 3.63) is 0 Å². The molecule has 2 fully saturated rings. The van der Waals surface area contributed by atoms with Crippen molar-refractivity contribution in [2.75, 3.05) is 19.8 Å². The summed E-state index contributed by atoms with van der Waals surface area (Å²) in [7, 11) is 0. The molecule has 2 saturated heterocycles. The lowest BCUT2D eigenvalue weighted by molar-refractivity contribution is -0.335. The van der Waals surface area contributed by atoms with Crippen LogP contribution in [0.3, 0.4) is 0 Å². The molecule has 8 N–H and O–H groups in total. The van der Waals surface area contributed by atoms with Gasteiger partial charge >= 0.3 is 11.9 Å². The van der Waals surface area contributed by atoms with Crippen molar-refractivity contribution in [2.45, 2.75) is 113 Å². The Morgan fingerprint density at radius 2 is 1.32 bits per heavy atom. The third kappa shape index (κ3) is 9.02. The molecule has 38 heavy (non-hydrogen) atoms. The molecular weight excluding hydrogens is 516 g/mol. The first-order valence-corrected chi connectivity index (χ1v) is 12.7. The highest BCUT2D eigenvalue weighted by molar-refractivity contribution is 5.72. The predicted molar refractivity (Wildman–Crippen MR) is 123 cm³/mol. The van der Waals surface area contributed by atoms with Crippen LogP contribution in [0.4, 0.5) is 0 Å². The molecule has 0 amide bonds. The zero-order chi connectivity index (χ0) is 28.4. The van der Waals surface area contributed by atoms with E-state index in [0.717, 1.165) is 25.7 Å². The quantitative estimate of drug-likeness (QED) is 0.0739. The summed E-state index contributed by atoms with van der Waals surface area (Å²) in [6.45, 7) is 0.0655. The highest BCUT2D eigenvalue weighted by Gasteiger charge is 2.48. The number of unbranched alkanes of at least 4 members (excludes halogenated alkanes) is 4. The predicted octanol–water partition coefficient (Wildman–Crippen LogP) is -3.02. The van der Waals surface area contributed by atoms with E-state index in [1.54, 1.807) is 0 Å². The second-order valence-corrected chi connectivity index (χ2v) is 9.36. The molecule has 0 unspecified atom stereocenters. The van der Waals surface area contributed by atoms with Gasteiger partial charge in [-0.15, -0.1) is 0 Å². The molecule has 15 heteroatoms. The molecule has 2 heterocycles. The van der Waals surface area contributed by atoms with E-state index in [9.17, 15) is 40.2 Å². The normalized spacial score (nSPS) is 36.5. The third-order valence-corrected chi connectivity index (χ3v) is 6.39. The third-order valence-electron chi connectivity index (χ3n) is 6.39. The highest BCUT2D eigenvalue weighted by atomic mass is 16.7. The van der Waals surface area contributed by atoms with E-state index in [2.05, 4.69) is 6.92 Å². The van der Waals surface area contributed by atoms with Gasteiger partial charge < -0.3 is 64.5 Å². The highest BCUT2D eigenvalue weighted by Crippen LogP contribution is 2.26. The maximum absolute atomic E-state index is 12.0. The van der Waals surface area contributed by atoms with Gasteiger partial charge in [-0.25, -0.2) is 4.79 Å². The number of aliphatic hydroxyl groups excluding tert-OH is 7. The largest absolute Gasteiger partial charge is 0.479 e. The topological polar surface area (TPSA) is 242 Å². The van der Waals surface area contributed by atoms with Crippen LogP contribution in [0.15, 0.2) is 0 Å². The van der Waals surface area contributed by atoms with Gasteiger partial charge in [0, 0.05) is 6.42 Å². The number of esters is 1. The molecule has 0 aromatic rings. The van der Waals surface area contributed by atoms with Gasteiger partial charge in [0.25, 0.3) is 0 Å². The number of rotatable bonds is 15. The summed E-state index contributed by atoms with van der Waals surface area (Å²) in [5, 5.41) is 79.3. The summed E-state index contributed by atoms with van der Waals surface area (Å²) < 4.78 is 26.3. The van der Waals surface area contributed by atoms with Crippen molar-refractivity contribution in [1.82, 2.24) is 0 Å². The Hall–Kier alpha value is -1.50. The Balaban J connectivity index is 1.92. The fourth-order valence-corrected chi connectivity index (χ4v) is 4.01. The minimum Gasteiger partial charge on any atom is -0.479 e. The van der Waals surface area contributed by atoms with Gasteiger partial charge in [-0.05, 0) is 6.42 Å². The van der Waals surface area contributed by atoms with Crippen molar-refractivity contribution in [3.8, 4) is 0 Å². The monoisotopic (exact) mass is 556 g/mol. The second-order valence-electron chi connectivity index (χ2n) is 9.36. The molecular formula is C23H40O15. The van der Waals surface area contributed by atoms with E-state index >= 15 is 0 Å². The smallest absolute Gasteiger partial charge is 0.335 e. The molecule has 2 aliphatic rings. The van der Waals surface area contributed by atoms with Crippen molar-refractivity contribution in [1.29, 1.82) is 0 Å². The SMILES string of the molecule is CCCCCCCC(=O)OC[C@H]1O[C@H](OC[C@H]2O[C@H](O[C@H](CO)C(=O)O)[C@H](O)[C@@H](O)[C@@H]2O)[C@H](O)[C@@H](O)[C@@H]1O. The molecule has 15 nitrogen and oxygen atoms in total. The second kappa shape index (κ2) is 15.9. The number of hydrogen-bond acceptors (Lipinski definition) is 14. The number of carbonyl (C=O) groups is 2. The summed E-state index contributed by atoms with van der Waals surface area (Å²) >= 11 is 0. The number of carbonyl (C=O) groups excluding carboxylic acids is 1. The molecule has 0 aliphatic carbocycles. The lowest BCUT2D eigenvalue weighted by Crippen LogP contribution is -2.62. The van der Waals surface area contributed by atoms with E-state index in [1.807, 2.05) is 0 Å². The van der Waals surface area contributed by atoms with Crippen LogP contribution in [0.1, 0.15) is 45.4 Å². The Labute approximate surface area is 219 Å². The zero-order valence-electron chi connectivity index (χ0n) is 21.2. The summed E-state index contributed by atoms with van der Waals surface area (Å²) in [6, 6.07) is 0. The lowest BCUT2D eigenvalue weighted by Gasteiger charge is -2.43. The van der Waals surface area contributed by atoms with Crippen LogP contribution < -0.4 is 0 Å². The minimum absolute atomic E-state index is 0.172. The van der Waals surface area contributed by atoms with Gasteiger partial charge in [0.1, 0.15) is 55.4 Å². The van der Waals surface area contributed by atoms with E-state index < -0.39 is 99.3 Å². The van der Waals surface area contributed by atoms with Crippen LogP contribution in [-0.2, 0) is 33.3 Å². The average Bonchev–Trinajstić information content (AvgIpc) is 2.89. The summed E-state index contributed by atoms with van der Waals surface area (Å²) in [6.07, 6.45) is -13.6. The van der Waals surface area contributed by atoms with Gasteiger partial charge in [-0.1, -0.05) is 32.6 Å². The first-order chi connectivity index (χ1) is 18.0. The molecule has 0 radical (unpaired) electrons. The van der Waals surface area contributed by atoms with Crippen LogP contribution in [0.2, 0.25) is 0 Å². The Bertz CT molecular complexity index is 723. The number of ether oxygens (including phenoxy) is 5. The minimum atomic E-state index is -1.87. The zero-order valence-corrected chi connectivity index (χ0v) is 21.2. The van der Waals surface area contributed by atoms with E-state index in [4.69, 9.17) is 33.9 Å². The Morgan fingerprint density at radius 3 is 1.89 bits per heavy atom. The van der Waals surface area contributed by atoms with E-state index in [0.29, 0.717) is 6.42 Å². The molecule has 222 valence electrons. The Kier molecular flexibility index (Phi) is 13.7. The van der Waals surface area contributed by atoms with Crippen LogP contribution in [0, 0.1) is 0 Å². The molecule has 0 aromatic heterocycles. The summed E-state index contributed by atoms with van der Waals surface area (Å²) in [5.74, 6) is -2.08. The fourth-order valence-electron chi connectivity index (χ4n) is 4.01. The van der Waals surface area contributed by atoms with Crippen molar-refractivity contribution in [2.24, 2.45) is 0 Å². The van der Waals surface area contributed by atoms with Crippen LogP contribution in [0.25, 0.3) is 0 Å². The molecule has 2 rings (SSSR count). The molecule has 0 bridgehead atoms. The standard InChI is InChI=1S/C23H40O15/c1-2-3-4-5-6-7-14(25)34-9-12-15(26)17(28)19(30)22(37-12)35-10-13-16(27)18(29)20(31)23(38-13)36-11(8-24)21(32)33/h11-13,15-20,22-24,26-31H,2-10H2,1H3,(H,32,33)/t11-,12-,13-,15-,16-,17+,18+,19-,20-,22+,23+/m1/s1. The molecule has 0 aromatic carbocycles. The van der Waals surface area contributed by atoms with Gasteiger partial charge in [-0.2, -0.15) is 0 Å². The number of aliphatic hydroxyl groups is 7. The lowest BCUT2D eigenvalue weighted by atomic mass is 9.98. The summed E-state index contributed by atoms with van der Waals surface area (Å²) in [4.78, 5) is 23.1. The number of aliphatic carboxylic acids is 1. The van der Waals surface area contributed by atoms with E-state index in [1.165, 1.54) is 0 Å². The number of carboxylic acid groups (broad SMARTS) is 1. The van der Waals surface area contributed by atoms with Crippen molar-refractivity contribution in [3.63, 3.8) is 0 Å². The van der Waals surface area contributed by atoms with Crippen molar-refractivity contribution < 1.29 is 74.1 Å². The van der Waals surface area contributed by atoms with Gasteiger partial charge in [0.15, 0.2) is 18.7 Å². The van der Waals surface area contributed by atoms with Crippen LogP contribution in [0.5, 0.6) is 0 Å². The molecule has 0 saturated carbocycles. The van der Waals surface area contributed by atoms with Crippen LogP contribution >= 0.6 is 0 Å². The molecule has 11 atom stereocenters. The average molecular weight is 557 g/mol. The number of carboxylic acids is 1. The van der Waals surface area contributed by atoms with Crippen molar-refractivity contribution >= 4 is 11.9 Å².